The number of carbonyl (C=O) groups excluding carboxylic acids is 1. The molecule has 154 valence electrons. The van der Waals surface area contributed by atoms with Crippen LogP contribution in [-0.4, -0.2) is 38.4 Å². The average molecular weight is 417 g/mol. The van der Waals surface area contributed by atoms with Gasteiger partial charge in [0.1, 0.15) is 11.3 Å². The lowest BCUT2D eigenvalue weighted by atomic mass is 9.99. The maximum atomic E-state index is 12.6. The lowest BCUT2D eigenvalue weighted by molar-refractivity contribution is -0.130. The molecular weight excluding hydrogens is 392 g/mol. The molecule has 0 saturated carbocycles. The van der Waals surface area contributed by atoms with Gasteiger partial charge in [-0.05, 0) is 36.3 Å². The second kappa shape index (κ2) is 8.60. The Morgan fingerprint density at radius 2 is 2.07 bits per heavy atom. The van der Waals surface area contributed by atoms with Gasteiger partial charge in [0.2, 0.25) is 11.8 Å². The van der Waals surface area contributed by atoms with Crippen LogP contribution in [0, 0.1) is 4.77 Å². The topological polar surface area (TPSA) is 99.9 Å². The van der Waals surface area contributed by atoms with E-state index in [4.69, 9.17) is 17.0 Å². The van der Waals surface area contributed by atoms with Crippen molar-refractivity contribution in [3.63, 3.8) is 0 Å². The number of aromatic nitrogens is 2. The molecule has 1 aliphatic heterocycles. The Morgan fingerprint density at radius 1 is 1.38 bits per heavy atom. The fourth-order valence-electron chi connectivity index (χ4n) is 3.38. The molecule has 2 aromatic rings. The largest absolute Gasteiger partial charge is 0.497 e. The number of aromatic hydroxyl groups is 1. The molecule has 0 saturated heterocycles. The second-order valence-corrected chi connectivity index (χ2v) is 7.25. The minimum Gasteiger partial charge on any atom is -0.497 e. The van der Waals surface area contributed by atoms with Crippen molar-refractivity contribution >= 4 is 23.8 Å². The maximum absolute atomic E-state index is 12.6. The Hall–Kier alpha value is -2.94. The highest BCUT2D eigenvalue weighted by atomic mass is 32.1. The fourth-order valence-corrected chi connectivity index (χ4v) is 3.65. The van der Waals surface area contributed by atoms with Gasteiger partial charge in [0.25, 0.3) is 5.56 Å². The number of hydrogen-bond donors (Lipinski definition) is 2. The summed E-state index contributed by atoms with van der Waals surface area (Å²) in [7, 11) is 1.58. The number of amides is 1. The molecule has 1 amide bonds. The van der Waals surface area contributed by atoms with E-state index >= 15 is 0 Å². The summed E-state index contributed by atoms with van der Waals surface area (Å²) in [5.74, 6) is 0.231. The van der Waals surface area contributed by atoms with Crippen LogP contribution in [0.1, 0.15) is 50.3 Å². The molecule has 1 aliphatic rings. The van der Waals surface area contributed by atoms with Gasteiger partial charge in [0.05, 0.1) is 18.9 Å². The molecule has 0 aliphatic carbocycles. The van der Waals surface area contributed by atoms with Crippen molar-refractivity contribution in [1.29, 1.82) is 0 Å². The first-order valence-corrected chi connectivity index (χ1v) is 9.85. The summed E-state index contributed by atoms with van der Waals surface area (Å²) < 4.78 is 6.85. The van der Waals surface area contributed by atoms with Gasteiger partial charge in [-0.15, -0.1) is 0 Å². The normalized spacial score (nSPS) is 16.0. The first-order chi connectivity index (χ1) is 13.9. The van der Waals surface area contributed by atoms with Crippen molar-refractivity contribution in [2.24, 2.45) is 5.10 Å². The Kier molecular flexibility index (Phi) is 6.17. The standard InChI is InChI=1S/C20H24N4O4S/c1-4-5-10-23-19(27)17(18(26)21-20(23)29)15-11-16(24(22-15)12(2)25)13-6-8-14(28-3)9-7-13/h6-9,16,27H,4-5,10-11H2,1-3H3,(H,21,26,29). The molecule has 0 spiro atoms. The third kappa shape index (κ3) is 4.09. The predicted octanol–water partition coefficient (Wildman–Crippen LogP) is 3.12. The summed E-state index contributed by atoms with van der Waals surface area (Å²) in [6, 6.07) is 6.95. The number of H-pyrrole nitrogens is 1. The van der Waals surface area contributed by atoms with Gasteiger partial charge in [-0.3, -0.25) is 19.1 Å². The highest BCUT2D eigenvalue weighted by Gasteiger charge is 2.34. The lowest BCUT2D eigenvalue weighted by Gasteiger charge is -2.20. The molecule has 3 rings (SSSR count). The van der Waals surface area contributed by atoms with Gasteiger partial charge >= 0.3 is 0 Å². The maximum Gasteiger partial charge on any atom is 0.264 e. The van der Waals surface area contributed by atoms with E-state index in [0.29, 0.717) is 24.4 Å². The third-order valence-corrected chi connectivity index (χ3v) is 5.25. The number of nitrogens with zero attached hydrogens (tertiary/aromatic N) is 3. The molecule has 1 aromatic heterocycles. The highest BCUT2D eigenvalue weighted by Crippen LogP contribution is 2.34. The summed E-state index contributed by atoms with van der Waals surface area (Å²) in [5.41, 5.74) is 0.740. The number of benzene rings is 1. The van der Waals surface area contributed by atoms with Gasteiger partial charge in [0.15, 0.2) is 4.77 Å². The molecule has 0 fully saturated rings. The predicted molar refractivity (Wildman–Crippen MR) is 112 cm³/mol. The summed E-state index contributed by atoms with van der Waals surface area (Å²) in [6.45, 7) is 3.93. The molecule has 9 heteroatoms. The van der Waals surface area contributed by atoms with E-state index < -0.39 is 5.56 Å². The molecule has 2 heterocycles. The van der Waals surface area contributed by atoms with E-state index in [0.717, 1.165) is 18.4 Å². The Labute approximate surface area is 173 Å². The quantitative estimate of drug-likeness (QED) is 0.705. The minimum absolute atomic E-state index is 0.0527. The van der Waals surface area contributed by atoms with Crippen LogP contribution in [0.25, 0.3) is 0 Å². The molecule has 1 unspecified atom stereocenters. The van der Waals surface area contributed by atoms with Crippen LogP contribution >= 0.6 is 12.2 Å². The average Bonchev–Trinajstić information content (AvgIpc) is 3.13. The zero-order valence-corrected chi connectivity index (χ0v) is 17.5. The molecular formula is C20H24N4O4S. The van der Waals surface area contributed by atoms with Gasteiger partial charge < -0.3 is 9.84 Å². The van der Waals surface area contributed by atoms with E-state index in [1.165, 1.54) is 16.5 Å². The van der Waals surface area contributed by atoms with E-state index in [-0.39, 0.29) is 28.2 Å². The number of methoxy groups -OCH3 is 1. The SMILES string of the molecule is CCCCn1c(O)c(C2=NN(C(C)=O)C(c3ccc(OC)cc3)C2)c(=O)[nH]c1=S. The number of rotatable bonds is 6. The number of hydrazone groups is 1. The monoisotopic (exact) mass is 416 g/mol. The van der Waals surface area contributed by atoms with Crippen molar-refractivity contribution in [2.45, 2.75) is 45.7 Å². The summed E-state index contributed by atoms with van der Waals surface area (Å²) >= 11 is 5.19. The van der Waals surface area contributed by atoms with Crippen LogP contribution in [0.4, 0.5) is 0 Å². The number of hydrogen-bond acceptors (Lipinski definition) is 6. The van der Waals surface area contributed by atoms with E-state index in [1.807, 2.05) is 19.1 Å². The van der Waals surface area contributed by atoms with Crippen LogP contribution in [0.3, 0.4) is 0 Å². The number of ether oxygens (including phenoxy) is 1. The molecule has 8 nitrogen and oxygen atoms in total. The van der Waals surface area contributed by atoms with Gasteiger partial charge in [-0.1, -0.05) is 25.5 Å². The number of aromatic amines is 1. The number of unbranched alkanes of at least 4 members (excludes halogenated alkanes) is 1. The summed E-state index contributed by atoms with van der Waals surface area (Å²) in [4.78, 5) is 27.4. The highest BCUT2D eigenvalue weighted by molar-refractivity contribution is 7.71. The lowest BCUT2D eigenvalue weighted by Crippen LogP contribution is -2.24. The van der Waals surface area contributed by atoms with E-state index in [9.17, 15) is 14.7 Å². The van der Waals surface area contributed by atoms with Crippen molar-refractivity contribution in [1.82, 2.24) is 14.6 Å². The van der Waals surface area contributed by atoms with Crippen LogP contribution in [0.2, 0.25) is 0 Å². The number of carbonyl (C=O) groups is 1. The van der Waals surface area contributed by atoms with Gasteiger partial charge in [0, 0.05) is 19.9 Å². The van der Waals surface area contributed by atoms with Gasteiger partial charge in [-0.25, -0.2) is 5.01 Å². The number of nitrogens with one attached hydrogen (secondary N) is 1. The third-order valence-electron chi connectivity index (χ3n) is 4.93. The van der Waals surface area contributed by atoms with Crippen LogP contribution in [0.5, 0.6) is 11.6 Å². The van der Waals surface area contributed by atoms with E-state index in [1.54, 1.807) is 19.2 Å². The molecule has 29 heavy (non-hydrogen) atoms. The molecule has 0 radical (unpaired) electrons. The fraction of sp³-hybridized carbons (Fsp3) is 0.400. The van der Waals surface area contributed by atoms with Crippen LogP contribution in [-0.2, 0) is 11.3 Å². The second-order valence-electron chi connectivity index (χ2n) is 6.87. The molecule has 0 bridgehead atoms. The van der Waals surface area contributed by atoms with E-state index in [2.05, 4.69) is 10.1 Å². The summed E-state index contributed by atoms with van der Waals surface area (Å²) in [5, 5.41) is 16.5. The molecule has 1 aromatic carbocycles. The molecule has 1 atom stereocenters. The first-order valence-electron chi connectivity index (χ1n) is 9.45. The first kappa shape index (κ1) is 20.8. The van der Waals surface area contributed by atoms with Crippen molar-refractivity contribution in [3.8, 4) is 11.6 Å². The Morgan fingerprint density at radius 3 is 2.66 bits per heavy atom. The minimum atomic E-state index is -0.516. The Balaban J connectivity index is 2.03. The van der Waals surface area contributed by atoms with Gasteiger partial charge in [-0.2, -0.15) is 5.10 Å². The zero-order chi connectivity index (χ0) is 21.1. The van der Waals surface area contributed by atoms with Crippen LogP contribution < -0.4 is 10.3 Å². The van der Waals surface area contributed by atoms with Crippen LogP contribution in [0.15, 0.2) is 34.2 Å². The smallest absolute Gasteiger partial charge is 0.264 e. The zero-order valence-electron chi connectivity index (χ0n) is 16.6. The summed E-state index contributed by atoms with van der Waals surface area (Å²) in [6.07, 6.45) is 2.01. The van der Waals surface area contributed by atoms with Crippen molar-refractivity contribution in [2.75, 3.05) is 7.11 Å². The van der Waals surface area contributed by atoms with Crippen molar-refractivity contribution in [3.05, 3.63) is 50.5 Å². The van der Waals surface area contributed by atoms with Crippen molar-refractivity contribution < 1.29 is 14.6 Å². The Bertz CT molecular complexity index is 1060. The molecule has 2 N–H and O–H groups in total.